The summed E-state index contributed by atoms with van der Waals surface area (Å²) in [5, 5.41) is 9.28. The molecule has 2 heterocycles. The number of carbonyl (C=O) groups is 1. The van der Waals surface area contributed by atoms with Gasteiger partial charge in [-0.1, -0.05) is 0 Å². The second-order valence-corrected chi connectivity index (χ2v) is 6.10. The van der Waals surface area contributed by atoms with Crippen molar-refractivity contribution >= 4 is 5.91 Å². The van der Waals surface area contributed by atoms with Crippen LogP contribution < -0.4 is 0 Å². The van der Waals surface area contributed by atoms with Crippen molar-refractivity contribution in [3.63, 3.8) is 0 Å². The van der Waals surface area contributed by atoms with E-state index in [2.05, 4.69) is 11.0 Å². The fourth-order valence-electron chi connectivity index (χ4n) is 3.13. The van der Waals surface area contributed by atoms with E-state index in [9.17, 15) is 10.1 Å². The minimum atomic E-state index is -0.159. The zero-order valence-corrected chi connectivity index (χ0v) is 12.4. The fourth-order valence-corrected chi connectivity index (χ4v) is 3.13. The van der Waals surface area contributed by atoms with Crippen LogP contribution in [0.4, 0.5) is 0 Å². The molecule has 2 atom stereocenters. The van der Waals surface area contributed by atoms with E-state index in [0.29, 0.717) is 25.7 Å². The van der Waals surface area contributed by atoms with Crippen LogP contribution in [0.5, 0.6) is 0 Å². The number of rotatable bonds is 5. The van der Waals surface area contributed by atoms with Gasteiger partial charge in [0.1, 0.15) is 12.6 Å². The van der Waals surface area contributed by atoms with E-state index in [1.165, 1.54) is 12.8 Å². The summed E-state index contributed by atoms with van der Waals surface area (Å²) in [4.78, 5) is 16.2. The van der Waals surface area contributed by atoms with Crippen molar-refractivity contribution in [2.24, 2.45) is 0 Å². The van der Waals surface area contributed by atoms with Crippen molar-refractivity contribution in [3.05, 3.63) is 0 Å². The second-order valence-electron chi connectivity index (χ2n) is 6.10. The molecule has 0 aromatic heterocycles. The quantitative estimate of drug-likeness (QED) is 0.733. The Hall–Kier alpha value is -1.16. The molecule has 0 bridgehead atoms. The zero-order chi connectivity index (χ0) is 14.7. The third-order valence-electron chi connectivity index (χ3n) is 4.49. The molecule has 0 aromatic rings. The van der Waals surface area contributed by atoms with Crippen molar-refractivity contribution in [1.82, 2.24) is 9.80 Å². The Kier molecular flexibility index (Phi) is 4.73. The number of piperazine rings is 1. The molecule has 0 radical (unpaired) electrons. The molecule has 0 aromatic carbocycles. The van der Waals surface area contributed by atoms with Gasteiger partial charge in [-0.2, -0.15) is 5.26 Å². The van der Waals surface area contributed by atoms with Crippen molar-refractivity contribution < 1.29 is 14.3 Å². The van der Waals surface area contributed by atoms with E-state index in [4.69, 9.17) is 9.47 Å². The van der Waals surface area contributed by atoms with Gasteiger partial charge in [-0.25, -0.2) is 0 Å². The maximum atomic E-state index is 12.2. The average Bonchev–Trinajstić information content (AvgIpc) is 3.23. The summed E-state index contributed by atoms with van der Waals surface area (Å²) in [7, 11) is 0. The Bertz CT molecular complexity index is 413. The predicted octanol–water partition coefficient (Wildman–Crippen LogP) is 0.381. The first-order valence-electron chi connectivity index (χ1n) is 7.90. The molecule has 1 aliphatic carbocycles. The Labute approximate surface area is 125 Å². The number of carbonyl (C=O) groups excluding carboxylic acids is 1. The molecule has 3 rings (SSSR count). The first-order chi connectivity index (χ1) is 10.3. The highest BCUT2D eigenvalue weighted by Gasteiger charge is 2.38. The van der Waals surface area contributed by atoms with Crippen LogP contribution in [0.15, 0.2) is 0 Å². The van der Waals surface area contributed by atoms with Crippen LogP contribution >= 0.6 is 0 Å². The summed E-state index contributed by atoms with van der Waals surface area (Å²) in [5.74, 6) is -0.0105. The maximum absolute atomic E-state index is 12.2. The lowest BCUT2D eigenvalue weighted by Gasteiger charge is -2.38. The Balaban J connectivity index is 1.41. The molecular weight excluding hydrogens is 270 g/mol. The minimum Gasteiger partial charge on any atom is -0.376 e. The number of ether oxygens (including phenoxy) is 2. The monoisotopic (exact) mass is 293 g/mol. The first-order valence-corrected chi connectivity index (χ1v) is 7.90. The molecule has 0 unspecified atom stereocenters. The minimum absolute atomic E-state index is 0.0105. The van der Waals surface area contributed by atoms with Crippen molar-refractivity contribution in [2.75, 3.05) is 39.5 Å². The van der Waals surface area contributed by atoms with Gasteiger partial charge in [-0.3, -0.25) is 9.69 Å². The molecule has 0 spiro atoms. The molecule has 116 valence electrons. The Morgan fingerprint density at radius 2 is 2.19 bits per heavy atom. The van der Waals surface area contributed by atoms with E-state index in [-0.39, 0.29) is 24.7 Å². The summed E-state index contributed by atoms with van der Waals surface area (Å²) in [6.45, 7) is 3.41. The Morgan fingerprint density at radius 3 is 2.86 bits per heavy atom. The molecular formula is C15H23N3O3. The molecule has 1 amide bonds. The fraction of sp³-hybridized carbons (Fsp3) is 0.867. The van der Waals surface area contributed by atoms with E-state index < -0.39 is 0 Å². The average molecular weight is 293 g/mol. The Morgan fingerprint density at radius 1 is 1.33 bits per heavy atom. The van der Waals surface area contributed by atoms with Crippen molar-refractivity contribution in [1.29, 1.82) is 5.26 Å². The third kappa shape index (κ3) is 3.73. The van der Waals surface area contributed by atoms with Gasteiger partial charge in [0.2, 0.25) is 5.91 Å². The lowest BCUT2D eigenvalue weighted by molar-refractivity contribution is -0.139. The van der Waals surface area contributed by atoms with Gasteiger partial charge in [0, 0.05) is 32.3 Å². The molecule has 21 heavy (non-hydrogen) atoms. The molecule has 2 saturated heterocycles. The van der Waals surface area contributed by atoms with Crippen molar-refractivity contribution in [2.45, 2.75) is 43.9 Å². The number of amides is 1. The maximum Gasteiger partial charge on any atom is 0.248 e. The smallest absolute Gasteiger partial charge is 0.248 e. The van der Waals surface area contributed by atoms with E-state index in [1.54, 1.807) is 4.90 Å². The van der Waals surface area contributed by atoms with Crippen LogP contribution in [-0.4, -0.2) is 73.3 Å². The van der Waals surface area contributed by atoms with Crippen LogP contribution in [0.25, 0.3) is 0 Å². The van der Waals surface area contributed by atoms with Crippen LogP contribution in [0.1, 0.15) is 25.7 Å². The molecule has 6 heteroatoms. The van der Waals surface area contributed by atoms with Crippen LogP contribution in [0, 0.1) is 11.3 Å². The van der Waals surface area contributed by atoms with Gasteiger partial charge in [-0.15, -0.1) is 0 Å². The van der Waals surface area contributed by atoms with E-state index >= 15 is 0 Å². The second kappa shape index (κ2) is 6.73. The topological polar surface area (TPSA) is 65.8 Å². The molecule has 3 aliphatic rings. The number of hydrogen-bond donors (Lipinski definition) is 0. The predicted molar refractivity (Wildman–Crippen MR) is 75.5 cm³/mol. The molecule has 3 fully saturated rings. The third-order valence-corrected chi connectivity index (χ3v) is 4.49. The summed E-state index contributed by atoms with van der Waals surface area (Å²) >= 11 is 0. The zero-order valence-electron chi connectivity index (χ0n) is 12.4. The van der Waals surface area contributed by atoms with Crippen molar-refractivity contribution in [3.8, 4) is 6.07 Å². The summed E-state index contributed by atoms with van der Waals surface area (Å²) in [6, 6.07) is 2.75. The first kappa shape index (κ1) is 14.8. The van der Waals surface area contributed by atoms with Gasteiger partial charge in [0.15, 0.2) is 0 Å². The standard InChI is InChI=1S/C15H23N3O3/c16-8-13-9-17(5-6-18(13)12-3-4-12)15(19)11-20-10-14-2-1-7-21-14/h12-14H,1-7,9-11H2/t13-,14+/m0/s1. The lowest BCUT2D eigenvalue weighted by Crippen LogP contribution is -2.55. The largest absolute Gasteiger partial charge is 0.376 e. The van der Waals surface area contributed by atoms with E-state index in [0.717, 1.165) is 26.0 Å². The summed E-state index contributed by atoms with van der Waals surface area (Å²) < 4.78 is 10.9. The highest BCUT2D eigenvalue weighted by molar-refractivity contribution is 5.77. The van der Waals surface area contributed by atoms with Gasteiger partial charge < -0.3 is 14.4 Å². The molecule has 6 nitrogen and oxygen atoms in total. The van der Waals surface area contributed by atoms with Crippen LogP contribution in [-0.2, 0) is 14.3 Å². The highest BCUT2D eigenvalue weighted by Crippen LogP contribution is 2.30. The van der Waals surface area contributed by atoms with Gasteiger partial charge in [0.25, 0.3) is 0 Å². The highest BCUT2D eigenvalue weighted by atomic mass is 16.5. The van der Waals surface area contributed by atoms with Gasteiger partial charge in [-0.05, 0) is 25.7 Å². The summed E-state index contributed by atoms with van der Waals surface area (Å²) in [5.41, 5.74) is 0. The number of nitriles is 1. The number of hydrogen-bond acceptors (Lipinski definition) is 5. The summed E-state index contributed by atoms with van der Waals surface area (Å²) in [6.07, 6.45) is 4.63. The number of nitrogens with zero attached hydrogens (tertiary/aromatic N) is 3. The molecule has 1 saturated carbocycles. The van der Waals surface area contributed by atoms with E-state index in [1.807, 2.05) is 0 Å². The normalized spacial score (nSPS) is 30.3. The molecule has 2 aliphatic heterocycles. The van der Waals surface area contributed by atoms with Crippen LogP contribution in [0.2, 0.25) is 0 Å². The van der Waals surface area contributed by atoms with Gasteiger partial charge in [0.05, 0.1) is 18.8 Å². The van der Waals surface area contributed by atoms with Crippen LogP contribution in [0.3, 0.4) is 0 Å². The SMILES string of the molecule is N#C[C@H]1CN(C(=O)COC[C@H]2CCCO2)CCN1C1CC1. The molecule has 0 N–H and O–H groups in total. The lowest BCUT2D eigenvalue weighted by atomic mass is 10.2. The van der Waals surface area contributed by atoms with Gasteiger partial charge >= 0.3 is 0 Å².